The summed E-state index contributed by atoms with van der Waals surface area (Å²) in [5.74, 6) is 1.45. The minimum absolute atomic E-state index is 0.361. The Labute approximate surface area is 108 Å². The average molecular weight is 250 g/mol. The standard InChI is InChI=1S/C14H22N2O2/c1-10-11(5-6-18-10)8-16-9-12-7-13(17-2)3-4-14(12)15/h3-4,7,10-11,16H,5-6,8-9,15H2,1-2H3. The van der Waals surface area contributed by atoms with E-state index in [1.165, 1.54) is 0 Å². The van der Waals surface area contributed by atoms with Crippen LogP contribution in [0.2, 0.25) is 0 Å². The first-order valence-electron chi connectivity index (χ1n) is 6.45. The SMILES string of the molecule is COc1ccc(N)c(CNCC2CCOC2C)c1. The fraction of sp³-hybridized carbons (Fsp3) is 0.571. The normalized spacial score (nSPS) is 23.2. The molecule has 2 atom stereocenters. The van der Waals surface area contributed by atoms with Crippen LogP contribution in [-0.2, 0) is 11.3 Å². The van der Waals surface area contributed by atoms with Crippen molar-refractivity contribution in [2.45, 2.75) is 26.0 Å². The lowest BCUT2D eigenvalue weighted by Crippen LogP contribution is -2.26. The zero-order valence-electron chi connectivity index (χ0n) is 11.1. The summed E-state index contributed by atoms with van der Waals surface area (Å²) in [7, 11) is 1.67. The number of hydrogen-bond donors (Lipinski definition) is 2. The van der Waals surface area contributed by atoms with Gasteiger partial charge in [0.1, 0.15) is 5.75 Å². The molecule has 100 valence electrons. The Morgan fingerprint density at radius 2 is 2.33 bits per heavy atom. The van der Waals surface area contributed by atoms with Gasteiger partial charge in [0.05, 0.1) is 13.2 Å². The Balaban J connectivity index is 1.86. The van der Waals surface area contributed by atoms with Crippen LogP contribution in [0, 0.1) is 5.92 Å². The van der Waals surface area contributed by atoms with E-state index in [9.17, 15) is 0 Å². The van der Waals surface area contributed by atoms with Gasteiger partial charge in [-0.25, -0.2) is 0 Å². The second-order valence-electron chi connectivity index (χ2n) is 4.82. The van der Waals surface area contributed by atoms with Crippen LogP contribution >= 0.6 is 0 Å². The molecule has 1 aromatic carbocycles. The smallest absolute Gasteiger partial charge is 0.119 e. The maximum atomic E-state index is 5.95. The van der Waals surface area contributed by atoms with Crippen LogP contribution in [0.25, 0.3) is 0 Å². The number of methoxy groups -OCH3 is 1. The maximum absolute atomic E-state index is 5.95. The van der Waals surface area contributed by atoms with Gasteiger partial charge in [-0.05, 0) is 43.0 Å². The van der Waals surface area contributed by atoms with Crippen LogP contribution in [0.3, 0.4) is 0 Å². The van der Waals surface area contributed by atoms with Crippen LogP contribution in [-0.4, -0.2) is 26.4 Å². The van der Waals surface area contributed by atoms with Crippen molar-refractivity contribution in [3.05, 3.63) is 23.8 Å². The van der Waals surface area contributed by atoms with E-state index in [2.05, 4.69) is 12.2 Å². The molecule has 0 amide bonds. The van der Waals surface area contributed by atoms with Crippen molar-refractivity contribution in [1.82, 2.24) is 5.32 Å². The molecule has 2 rings (SSSR count). The molecule has 3 N–H and O–H groups in total. The summed E-state index contributed by atoms with van der Waals surface area (Å²) in [5.41, 5.74) is 7.83. The van der Waals surface area contributed by atoms with Gasteiger partial charge in [0, 0.05) is 25.4 Å². The number of nitrogens with one attached hydrogen (secondary N) is 1. The van der Waals surface area contributed by atoms with Crippen LogP contribution in [0.1, 0.15) is 18.9 Å². The maximum Gasteiger partial charge on any atom is 0.119 e. The molecule has 4 heteroatoms. The molecule has 2 unspecified atom stereocenters. The van der Waals surface area contributed by atoms with Crippen molar-refractivity contribution >= 4 is 5.69 Å². The molecule has 1 heterocycles. The largest absolute Gasteiger partial charge is 0.497 e. The molecule has 0 aromatic heterocycles. The first-order chi connectivity index (χ1) is 8.70. The van der Waals surface area contributed by atoms with Gasteiger partial charge in [-0.15, -0.1) is 0 Å². The van der Waals surface area contributed by atoms with Crippen molar-refractivity contribution in [3.8, 4) is 5.75 Å². The third kappa shape index (κ3) is 3.15. The Morgan fingerprint density at radius 1 is 1.50 bits per heavy atom. The fourth-order valence-electron chi connectivity index (χ4n) is 2.30. The molecule has 0 radical (unpaired) electrons. The first-order valence-corrected chi connectivity index (χ1v) is 6.45. The molecule has 18 heavy (non-hydrogen) atoms. The third-order valence-electron chi connectivity index (χ3n) is 3.61. The Morgan fingerprint density at radius 3 is 3.00 bits per heavy atom. The van der Waals surface area contributed by atoms with Gasteiger partial charge in [0.2, 0.25) is 0 Å². The Hall–Kier alpha value is -1.26. The van der Waals surface area contributed by atoms with E-state index in [0.717, 1.165) is 43.1 Å². The summed E-state index contributed by atoms with van der Waals surface area (Å²) in [5, 5.41) is 3.45. The summed E-state index contributed by atoms with van der Waals surface area (Å²) in [6.45, 7) is 4.76. The predicted octanol–water partition coefficient (Wildman–Crippen LogP) is 1.79. The van der Waals surface area contributed by atoms with E-state index in [1.54, 1.807) is 7.11 Å². The number of ether oxygens (including phenoxy) is 2. The zero-order valence-corrected chi connectivity index (χ0v) is 11.1. The zero-order chi connectivity index (χ0) is 13.0. The molecule has 1 saturated heterocycles. The van der Waals surface area contributed by atoms with Crippen molar-refractivity contribution in [1.29, 1.82) is 0 Å². The second-order valence-corrected chi connectivity index (χ2v) is 4.82. The van der Waals surface area contributed by atoms with Gasteiger partial charge in [-0.3, -0.25) is 0 Å². The lowest BCUT2D eigenvalue weighted by molar-refractivity contribution is 0.105. The fourth-order valence-corrected chi connectivity index (χ4v) is 2.30. The second kappa shape index (κ2) is 6.07. The van der Waals surface area contributed by atoms with E-state index in [-0.39, 0.29) is 0 Å². The number of benzene rings is 1. The minimum Gasteiger partial charge on any atom is -0.497 e. The molecule has 0 bridgehead atoms. The molecular weight excluding hydrogens is 228 g/mol. The van der Waals surface area contributed by atoms with E-state index in [4.69, 9.17) is 15.2 Å². The van der Waals surface area contributed by atoms with Gasteiger partial charge >= 0.3 is 0 Å². The number of anilines is 1. The molecule has 0 saturated carbocycles. The predicted molar refractivity (Wildman–Crippen MR) is 72.6 cm³/mol. The average Bonchev–Trinajstić information content (AvgIpc) is 2.77. The van der Waals surface area contributed by atoms with Crippen LogP contribution in [0.5, 0.6) is 5.75 Å². The molecule has 1 fully saturated rings. The van der Waals surface area contributed by atoms with Gasteiger partial charge in [-0.2, -0.15) is 0 Å². The number of hydrogen-bond acceptors (Lipinski definition) is 4. The molecule has 0 aliphatic carbocycles. The highest BCUT2D eigenvalue weighted by molar-refractivity contribution is 5.50. The summed E-state index contributed by atoms with van der Waals surface area (Å²) >= 11 is 0. The van der Waals surface area contributed by atoms with Crippen molar-refractivity contribution in [2.75, 3.05) is 26.0 Å². The van der Waals surface area contributed by atoms with Gasteiger partial charge in [0.15, 0.2) is 0 Å². The molecule has 1 aliphatic heterocycles. The first kappa shape index (κ1) is 13.2. The van der Waals surface area contributed by atoms with Crippen LogP contribution in [0.4, 0.5) is 5.69 Å². The van der Waals surface area contributed by atoms with Crippen LogP contribution in [0.15, 0.2) is 18.2 Å². The minimum atomic E-state index is 0.361. The number of nitrogen functional groups attached to an aromatic ring is 1. The van der Waals surface area contributed by atoms with Crippen molar-refractivity contribution in [2.24, 2.45) is 5.92 Å². The monoisotopic (exact) mass is 250 g/mol. The summed E-state index contributed by atoms with van der Waals surface area (Å²) in [6.07, 6.45) is 1.50. The van der Waals surface area contributed by atoms with Gasteiger partial charge < -0.3 is 20.5 Å². The summed E-state index contributed by atoms with van der Waals surface area (Å²) in [4.78, 5) is 0. The van der Waals surface area contributed by atoms with E-state index in [0.29, 0.717) is 12.0 Å². The van der Waals surface area contributed by atoms with E-state index in [1.807, 2.05) is 18.2 Å². The Bertz CT molecular complexity index is 395. The lowest BCUT2D eigenvalue weighted by Gasteiger charge is -2.15. The van der Waals surface area contributed by atoms with Crippen LogP contribution < -0.4 is 15.8 Å². The summed E-state index contributed by atoms with van der Waals surface area (Å²) in [6, 6.07) is 5.75. The molecule has 1 aliphatic rings. The number of nitrogens with two attached hydrogens (primary N) is 1. The molecule has 1 aromatic rings. The van der Waals surface area contributed by atoms with E-state index >= 15 is 0 Å². The quantitative estimate of drug-likeness (QED) is 0.782. The molecular formula is C14H22N2O2. The molecule has 0 spiro atoms. The number of rotatable bonds is 5. The van der Waals surface area contributed by atoms with Crippen molar-refractivity contribution < 1.29 is 9.47 Å². The highest BCUT2D eigenvalue weighted by Gasteiger charge is 2.23. The molecule has 4 nitrogen and oxygen atoms in total. The third-order valence-corrected chi connectivity index (χ3v) is 3.61. The highest BCUT2D eigenvalue weighted by atomic mass is 16.5. The topological polar surface area (TPSA) is 56.5 Å². The van der Waals surface area contributed by atoms with Gasteiger partial charge in [0.25, 0.3) is 0 Å². The van der Waals surface area contributed by atoms with E-state index < -0.39 is 0 Å². The van der Waals surface area contributed by atoms with Gasteiger partial charge in [-0.1, -0.05) is 0 Å². The summed E-state index contributed by atoms with van der Waals surface area (Å²) < 4.78 is 10.7. The van der Waals surface area contributed by atoms with Crippen molar-refractivity contribution in [3.63, 3.8) is 0 Å². The lowest BCUT2D eigenvalue weighted by atomic mass is 10.0. The highest BCUT2D eigenvalue weighted by Crippen LogP contribution is 2.21. The Kier molecular flexibility index (Phi) is 4.44.